The number of aryl methyl sites for hydroxylation is 2. The summed E-state index contributed by atoms with van der Waals surface area (Å²) in [6.45, 7) is 3.09. The molecule has 0 bridgehead atoms. The number of hydrogen-bond acceptors (Lipinski definition) is 4. The first-order valence-electron chi connectivity index (χ1n) is 7.41. The highest BCUT2D eigenvalue weighted by atomic mass is 16.5. The molecule has 1 saturated heterocycles. The Labute approximate surface area is 129 Å². The number of carbonyl (C=O) groups excluding carboxylic acids is 1. The zero-order chi connectivity index (χ0) is 15.5. The summed E-state index contributed by atoms with van der Waals surface area (Å²) in [7, 11) is 1.78. The summed E-state index contributed by atoms with van der Waals surface area (Å²) in [6, 6.07) is 5.82. The highest BCUT2D eigenvalue weighted by Gasteiger charge is 2.30. The monoisotopic (exact) mass is 300 g/mol. The smallest absolute Gasteiger partial charge is 0.269 e. The zero-order valence-corrected chi connectivity index (χ0v) is 12.8. The summed E-state index contributed by atoms with van der Waals surface area (Å²) in [5.74, 6) is 0.180. The van der Waals surface area contributed by atoms with Gasteiger partial charge in [0.15, 0.2) is 0 Å². The number of ether oxygens (including phenoxy) is 1. The minimum Gasteiger partial charge on any atom is -0.379 e. The Balaban J connectivity index is 1.66. The van der Waals surface area contributed by atoms with Crippen LogP contribution >= 0.6 is 0 Å². The van der Waals surface area contributed by atoms with Crippen LogP contribution in [0.3, 0.4) is 0 Å². The summed E-state index contributed by atoms with van der Waals surface area (Å²) in [4.78, 5) is 16.4. The van der Waals surface area contributed by atoms with Gasteiger partial charge in [-0.25, -0.2) is 0 Å². The van der Waals surface area contributed by atoms with Crippen molar-refractivity contribution in [1.82, 2.24) is 20.1 Å². The minimum absolute atomic E-state index is 0.0240. The van der Waals surface area contributed by atoms with E-state index in [2.05, 4.69) is 15.4 Å². The second-order valence-corrected chi connectivity index (χ2v) is 5.73. The number of pyridine rings is 1. The van der Waals surface area contributed by atoms with Crippen LogP contribution in [-0.4, -0.2) is 39.9 Å². The third-order valence-electron chi connectivity index (χ3n) is 4.00. The molecule has 0 aliphatic carbocycles. The van der Waals surface area contributed by atoms with E-state index in [4.69, 9.17) is 4.74 Å². The van der Waals surface area contributed by atoms with Crippen molar-refractivity contribution in [3.63, 3.8) is 0 Å². The zero-order valence-electron chi connectivity index (χ0n) is 12.8. The predicted octanol–water partition coefficient (Wildman–Crippen LogP) is 1.11. The van der Waals surface area contributed by atoms with Gasteiger partial charge in [-0.1, -0.05) is 0 Å². The van der Waals surface area contributed by atoms with Crippen molar-refractivity contribution in [3.8, 4) is 0 Å². The molecule has 6 heteroatoms. The van der Waals surface area contributed by atoms with E-state index < -0.39 is 0 Å². The molecule has 0 aromatic carbocycles. The molecule has 1 amide bonds. The largest absolute Gasteiger partial charge is 0.379 e. The molecule has 2 unspecified atom stereocenters. The number of nitrogens with zero attached hydrogens (tertiary/aromatic N) is 3. The van der Waals surface area contributed by atoms with Crippen LogP contribution in [0, 0.1) is 12.8 Å². The molecule has 1 N–H and O–H groups in total. The number of hydrogen-bond donors (Lipinski definition) is 1. The van der Waals surface area contributed by atoms with Crippen molar-refractivity contribution in [2.24, 2.45) is 13.0 Å². The van der Waals surface area contributed by atoms with Gasteiger partial charge in [-0.05, 0) is 37.1 Å². The highest BCUT2D eigenvalue weighted by Crippen LogP contribution is 2.19. The van der Waals surface area contributed by atoms with E-state index in [1.54, 1.807) is 30.2 Å². The normalized spacial score (nSPS) is 21.0. The lowest BCUT2D eigenvalue weighted by Gasteiger charge is -2.19. The number of nitrogens with one attached hydrogen (secondary N) is 1. The van der Waals surface area contributed by atoms with Gasteiger partial charge in [-0.15, -0.1) is 0 Å². The number of aromatic nitrogens is 3. The van der Waals surface area contributed by atoms with Crippen LogP contribution in [0.15, 0.2) is 30.6 Å². The standard InChI is InChI=1S/C16H20N4O2/c1-11-7-15(20(2)19-11)16(21)18-14-10-22-9-13(14)8-12-3-5-17-6-4-12/h3-7,13-14H,8-10H2,1-2H3,(H,18,21). The second-order valence-electron chi connectivity index (χ2n) is 5.73. The van der Waals surface area contributed by atoms with Gasteiger partial charge < -0.3 is 10.1 Å². The molecule has 6 nitrogen and oxygen atoms in total. The first kappa shape index (κ1) is 14.7. The highest BCUT2D eigenvalue weighted by molar-refractivity contribution is 5.92. The Bertz CT molecular complexity index is 653. The van der Waals surface area contributed by atoms with E-state index in [9.17, 15) is 4.79 Å². The van der Waals surface area contributed by atoms with Crippen LogP contribution in [0.4, 0.5) is 0 Å². The minimum atomic E-state index is -0.0988. The van der Waals surface area contributed by atoms with Crippen molar-refractivity contribution >= 4 is 5.91 Å². The fourth-order valence-electron chi connectivity index (χ4n) is 2.85. The third-order valence-corrected chi connectivity index (χ3v) is 4.00. The van der Waals surface area contributed by atoms with Gasteiger partial charge in [0.25, 0.3) is 5.91 Å². The van der Waals surface area contributed by atoms with Crippen molar-refractivity contribution in [2.75, 3.05) is 13.2 Å². The van der Waals surface area contributed by atoms with E-state index in [1.165, 1.54) is 5.56 Å². The van der Waals surface area contributed by atoms with Crippen LogP contribution in [-0.2, 0) is 18.2 Å². The molecule has 3 heterocycles. The lowest BCUT2D eigenvalue weighted by molar-refractivity contribution is 0.0915. The molecule has 22 heavy (non-hydrogen) atoms. The maximum Gasteiger partial charge on any atom is 0.269 e. The van der Waals surface area contributed by atoms with Gasteiger partial charge >= 0.3 is 0 Å². The fraction of sp³-hybridized carbons (Fsp3) is 0.438. The molecule has 1 aliphatic rings. The summed E-state index contributed by atoms with van der Waals surface area (Å²) in [5.41, 5.74) is 2.62. The predicted molar refractivity (Wildman–Crippen MR) is 81.4 cm³/mol. The lowest BCUT2D eigenvalue weighted by atomic mass is 9.95. The molecule has 0 spiro atoms. The van der Waals surface area contributed by atoms with Crippen molar-refractivity contribution in [3.05, 3.63) is 47.5 Å². The first-order chi connectivity index (χ1) is 10.6. The molecule has 2 aromatic rings. The molecule has 0 radical (unpaired) electrons. The van der Waals surface area contributed by atoms with E-state index in [1.807, 2.05) is 19.1 Å². The molecule has 3 rings (SSSR count). The van der Waals surface area contributed by atoms with Crippen LogP contribution in [0.1, 0.15) is 21.7 Å². The topological polar surface area (TPSA) is 69.0 Å². The molecule has 1 aliphatic heterocycles. The van der Waals surface area contributed by atoms with Gasteiger partial charge in [0.2, 0.25) is 0 Å². The fourth-order valence-corrected chi connectivity index (χ4v) is 2.85. The van der Waals surface area contributed by atoms with Crippen LogP contribution in [0.25, 0.3) is 0 Å². The van der Waals surface area contributed by atoms with Crippen molar-refractivity contribution in [1.29, 1.82) is 0 Å². The maximum atomic E-state index is 12.4. The van der Waals surface area contributed by atoms with Crippen LogP contribution < -0.4 is 5.32 Å². The van der Waals surface area contributed by atoms with Gasteiger partial charge in [0.05, 0.1) is 24.9 Å². The van der Waals surface area contributed by atoms with Gasteiger partial charge in [0, 0.05) is 25.4 Å². The Hall–Kier alpha value is -2.21. The first-order valence-corrected chi connectivity index (χ1v) is 7.41. The average Bonchev–Trinajstić information content (AvgIpc) is 3.06. The van der Waals surface area contributed by atoms with Gasteiger partial charge in [-0.2, -0.15) is 5.10 Å². The van der Waals surface area contributed by atoms with Crippen molar-refractivity contribution < 1.29 is 9.53 Å². The third kappa shape index (κ3) is 3.17. The maximum absolute atomic E-state index is 12.4. The quantitative estimate of drug-likeness (QED) is 0.918. The summed E-state index contributed by atoms with van der Waals surface area (Å²) in [6.07, 6.45) is 4.45. The van der Waals surface area contributed by atoms with Crippen molar-refractivity contribution in [2.45, 2.75) is 19.4 Å². The molecule has 2 aromatic heterocycles. The average molecular weight is 300 g/mol. The molecule has 1 fully saturated rings. The molecule has 2 atom stereocenters. The van der Waals surface area contributed by atoms with E-state index in [-0.39, 0.29) is 17.9 Å². The van der Waals surface area contributed by atoms with Gasteiger partial charge in [-0.3, -0.25) is 14.5 Å². The summed E-state index contributed by atoms with van der Waals surface area (Å²) >= 11 is 0. The van der Waals surface area contributed by atoms with E-state index in [0.717, 1.165) is 12.1 Å². The summed E-state index contributed by atoms with van der Waals surface area (Å²) in [5, 5.41) is 7.29. The lowest BCUT2D eigenvalue weighted by Crippen LogP contribution is -2.41. The Kier molecular flexibility index (Phi) is 4.20. The molecular weight excluding hydrogens is 280 g/mol. The summed E-state index contributed by atoms with van der Waals surface area (Å²) < 4.78 is 7.17. The SMILES string of the molecule is Cc1cc(C(=O)NC2COCC2Cc2ccncc2)n(C)n1. The number of carbonyl (C=O) groups is 1. The van der Waals surface area contributed by atoms with Crippen LogP contribution in [0.2, 0.25) is 0 Å². The second kappa shape index (κ2) is 6.27. The Morgan fingerprint density at radius 3 is 2.86 bits per heavy atom. The molecular formula is C16H20N4O2. The molecule has 0 saturated carbocycles. The number of amides is 1. The Morgan fingerprint density at radius 1 is 1.41 bits per heavy atom. The molecule has 116 valence electrons. The number of rotatable bonds is 4. The van der Waals surface area contributed by atoms with E-state index in [0.29, 0.717) is 18.9 Å². The van der Waals surface area contributed by atoms with E-state index >= 15 is 0 Å². The van der Waals surface area contributed by atoms with Gasteiger partial charge in [0.1, 0.15) is 5.69 Å². The Morgan fingerprint density at radius 2 is 2.18 bits per heavy atom. The van der Waals surface area contributed by atoms with Crippen LogP contribution in [0.5, 0.6) is 0 Å².